The van der Waals surface area contributed by atoms with Gasteiger partial charge in [-0.15, -0.1) is 0 Å². The fourth-order valence-electron chi connectivity index (χ4n) is 2.26. The lowest BCUT2D eigenvalue weighted by atomic mass is 10.2. The molecule has 1 aromatic heterocycles. The van der Waals surface area contributed by atoms with Crippen LogP contribution in [0.2, 0.25) is 0 Å². The van der Waals surface area contributed by atoms with Crippen molar-refractivity contribution in [2.75, 3.05) is 35.7 Å². The molecular formula is C16H28N4S. The molecule has 1 aliphatic carbocycles. The summed E-state index contributed by atoms with van der Waals surface area (Å²) < 4.78 is 0. The lowest BCUT2D eigenvalue weighted by Crippen LogP contribution is -2.17. The Morgan fingerprint density at radius 2 is 1.90 bits per heavy atom. The van der Waals surface area contributed by atoms with E-state index in [2.05, 4.69) is 37.7 Å². The number of nitrogens with zero attached hydrogens (tertiary/aromatic N) is 2. The number of anilines is 2. The summed E-state index contributed by atoms with van der Waals surface area (Å²) in [5.74, 6) is 5.43. The summed E-state index contributed by atoms with van der Waals surface area (Å²) in [7, 11) is 0. The fourth-order valence-corrected chi connectivity index (χ4v) is 2.95. The number of rotatable bonds is 9. The molecule has 0 aliphatic heterocycles. The molecule has 1 unspecified atom stereocenters. The second-order valence-electron chi connectivity index (χ2n) is 6.05. The highest BCUT2D eigenvalue weighted by atomic mass is 32.2. The van der Waals surface area contributed by atoms with Gasteiger partial charge in [-0.1, -0.05) is 13.8 Å². The van der Waals surface area contributed by atoms with Crippen molar-refractivity contribution < 1.29 is 0 Å². The summed E-state index contributed by atoms with van der Waals surface area (Å²) >= 11 is 1.90. The zero-order valence-electron chi connectivity index (χ0n) is 13.7. The molecular weight excluding hydrogens is 280 g/mol. The quantitative estimate of drug-likeness (QED) is 0.724. The molecule has 1 aliphatic rings. The molecule has 2 N–H and O–H groups in total. The molecule has 1 heterocycles. The van der Waals surface area contributed by atoms with Gasteiger partial charge in [-0.2, -0.15) is 11.8 Å². The van der Waals surface area contributed by atoms with Gasteiger partial charge < -0.3 is 10.6 Å². The van der Waals surface area contributed by atoms with Crippen LogP contribution in [0.1, 0.15) is 50.4 Å². The molecule has 1 atom stereocenters. The molecule has 1 saturated carbocycles. The molecule has 1 fully saturated rings. The minimum atomic E-state index is 0.581. The lowest BCUT2D eigenvalue weighted by molar-refractivity contribution is 0.697. The van der Waals surface area contributed by atoms with Crippen molar-refractivity contribution in [2.45, 2.75) is 46.0 Å². The maximum atomic E-state index is 4.77. The van der Waals surface area contributed by atoms with Crippen molar-refractivity contribution in [2.24, 2.45) is 5.92 Å². The number of thioether (sulfide) groups is 1. The average Bonchev–Trinajstić information content (AvgIpc) is 3.30. The third kappa shape index (κ3) is 4.77. The second kappa shape index (κ2) is 7.87. The van der Waals surface area contributed by atoms with Gasteiger partial charge in [0.2, 0.25) is 0 Å². The van der Waals surface area contributed by atoms with E-state index in [9.17, 15) is 0 Å². The number of hydrogen-bond acceptors (Lipinski definition) is 5. The fraction of sp³-hybridized carbons (Fsp3) is 0.750. The van der Waals surface area contributed by atoms with Gasteiger partial charge in [0.25, 0.3) is 0 Å². The second-order valence-corrected chi connectivity index (χ2v) is 6.96. The minimum Gasteiger partial charge on any atom is -0.370 e. The van der Waals surface area contributed by atoms with Crippen molar-refractivity contribution in [3.8, 4) is 0 Å². The molecule has 118 valence electrons. The van der Waals surface area contributed by atoms with Gasteiger partial charge in [0.1, 0.15) is 17.5 Å². The Kier molecular flexibility index (Phi) is 6.15. The van der Waals surface area contributed by atoms with Crippen LogP contribution in [0.15, 0.2) is 0 Å². The Bertz CT molecular complexity index is 460. The maximum Gasteiger partial charge on any atom is 0.136 e. The van der Waals surface area contributed by atoms with E-state index in [4.69, 9.17) is 9.97 Å². The first kappa shape index (κ1) is 16.4. The van der Waals surface area contributed by atoms with E-state index in [-0.39, 0.29) is 0 Å². The molecule has 0 bridgehead atoms. The molecule has 21 heavy (non-hydrogen) atoms. The van der Waals surface area contributed by atoms with Crippen molar-refractivity contribution in [1.82, 2.24) is 9.97 Å². The molecule has 0 saturated heterocycles. The van der Waals surface area contributed by atoms with Crippen LogP contribution >= 0.6 is 11.8 Å². The molecule has 0 amide bonds. The smallest absolute Gasteiger partial charge is 0.136 e. The number of nitrogens with one attached hydrogen (secondary N) is 2. The van der Waals surface area contributed by atoms with E-state index in [1.54, 1.807) is 0 Å². The zero-order valence-corrected chi connectivity index (χ0v) is 14.5. The molecule has 5 heteroatoms. The van der Waals surface area contributed by atoms with Crippen molar-refractivity contribution in [1.29, 1.82) is 0 Å². The van der Waals surface area contributed by atoms with Gasteiger partial charge in [-0.25, -0.2) is 9.97 Å². The maximum absolute atomic E-state index is 4.77. The Morgan fingerprint density at radius 3 is 2.48 bits per heavy atom. The third-order valence-corrected chi connectivity index (χ3v) is 4.62. The molecule has 0 radical (unpaired) electrons. The number of hydrogen-bond donors (Lipinski definition) is 2. The molecule has 2 rings (SSSR count). The van der Waals surface area contributed by atoms with E-state index in [0.717, 1.165) is 42.5 Å². The van der Waals surface area contributed by atoms with Crippen LogP contribution in [-0.2, 0) is 0 Å². The van der Waals surface area contributed by atoms with Crippen LogP contribution in [0.4, 0.5) is 11.6 Å². The first-order chi connectivity index (χ1) is 10.2. The Balaban J connectivity index is 2.11. The van der Waals surface area contributed by atoms with Crippen LogP contribution in [0.25, 0.3) is 0 Å². The van der Waals surface area contributed by atoms with Crippen molar-refractivity contribution in [3.05, 3.63) is 11.4 Å². The van der Waals surface area contributed by atoms with E-state index < -0.39 is 0 Å². The van der Waals surface area contributed by atoms with Crippen LogP contribution < -0.4 is 10.6 Å². The Labute approximate surface area is 132 Å². The lowest BCUT2D eigenvalue weighted by Gasteiger charge is -2.17. The zero-order chi connectivity index (χ0) is 15.2. The van der Waals surface area contributed by atoms with Crippen molar-refractivity contribution >= 4 is 23.4 Å². The normalized spacial score (nSPS) is 15.8. The predicted octanol–water partition coefficient (Wildman–Crippen LogP) is 3.90. The average molecular weight is 308 g/mol. The molecule has 4 nitrogen and oxygen atoms in total. The van der Waals surface area contributed by atoms with Gasteiger partial charge in [0, 0.05) is 24.6 Å². The highest BCUT2D eigenvalue weighted by Gasteiger charge is 2.28. The van der Waals surface area contributed by atoms with Gasteiger partial charge in [-0.3, -0.25) is 0 Å². The summed E-state index contributed by atoms with van der Waals surface area (Å²) in [4.78, 5) is 9.50. The molecule has 0 aromatic carbocycles. The first-order valence-corrected chi connectivity index (χ1v) is 9.40. The third-order valence-electron chi connectivity index (χ3n) is 3.72. The summed E-state index contributed by atoms with van der Waals surface area (Å²) in [5.41, 5.74) is 1.14. The largest absolute Gasteiger partial charge is 0.370 e. The summed E-state index contributed by atoms with van der Waals surface area (Å²) in [5, 5.41) is 6.98. The SMILES string of the molecule is CCCNc1nc(C2CC2)nc(NCC(C)CSC)c1C. The van der Waals surface area contributed by atoms with Crippen LogP contribution in [0.5, 0.6) is 0 Å². The van der Waals surface area contributed by atoms with E-state index >= 15 is 0 Å². The Morgan fingerprint density at radius 1 is 1.24 bits per heavy atom. The van der Waals surface area contributed by atoms with Crippen LogP contribution in [-0.4, -0.2) is 35.1 Å². The van der Waals surface area contributed by atoms with E-state index in [1.807, 2.05) is 11.8 Å². The van der Waals surface area contributed by atoms with Crippen LogP contribution in [0.3, 0.4) is 0 Å². The number of aromatic nitrogens is 2. The summed E-state index contributed by atoms with van der Waals surface area (Å²) in [6.07, 6.45) is 5.73. The van der Waals surface area contributed by atoms with Crippen LogP contribution in [0, 0.1) is 12.8 Å². The van der Waals surface area contributed by atoms with Gasteiger partial charge in [-0.05, 0) is 44.1 Å². The van der Waals surface area contributed by atoms with Gasteiger partial charge in [0.05, 0.1) is 0 Å². The topological polar surface area (TPSA) is 49.8 Å². The van der Waals surface area contributed by atoms with Gasteiger partial charge >= 0.3 is 0 Å². The van der Waals surface area contributed by atoms with Gasteiger partial charge in [0.15, 0.2) is 0 Å². The molecule has 1 aromatic rings. The highest BCUT2D eigenvalue weighted by molar-refractivity contribution is 7.98. The first-order valence-electron chi connectivity index (χ1n) is 8.00. The Hall–Kier alpha value is -0.970. The standard InChI is InChI=1S/C16H28N4S/c1-5-8-17-14-12(3)15(18-9-11(2)10-21-4)20-16(19-14)13-6-7-13/h11,13H,5-10H2,1-4H3,(H2,17,18,19,20). The molecule has 0 spiro atoms. The minimum absolute atomic E-state index is 0.581. The summed E-state index contributed by atoms with van der Waals surface area (Å²) in [6, 6.07) is 0. The monoisotopic (exact) mass is 308 g/mol. The van der Waals surface area contributed by atoms with E-state index in [0.29, 0.717) is 11.8 Å². The van der Waals surface area contributed by atoms with E-state index in [1.165, 1.54) is 18.6 Å². The highest BCUT2D eigenvalue weighted by Crippen LogP contribution is 2.39. The van der Waals surface area contributed by atoms with Crippen molar-refractivity contribution in [3.63, 3.8) is 0 Å². The predicted molar refractivity (Wildman–Crippen MR) is 93.6 cm³/mol. The summed E-state index contributed by atoms with van der Waals surface area (Å²) in [6.45, 7) is 8.49.